The molecule has 1 unspecified atom stereocenters. The number of sulfonamides is 1. The second-order valence-corrected chi connectivity index (χ2v) is 9.34. The minimum absolute atomic E-state index is 0.0511. The Morgan fingerprint density at radius 1 is 1.24 bits per heavy atom. The Labute approximate surface area is 157 Å². The van der Waals surface area contributed by atoms with Gasteiger partial charge >= 0.3 is 0 Å². The van der Waals surface area contributed by atoms with E-state index in [2.05, 4.69) is 15.9 Å². The molecule has 0 bridgehead atoms. The van der Waals surface area contributed by atoms with Gasteiger partial charge in [-0.25, -0.2) is 8.42 Å². The molecule has 138 valence electrons. The summed E-state index contributed by atoms with van der Waals surface area (Å²) in [6.07, 6.45) is 1.44. The van der Waals surface area contributed by atoms with Crippen LogP contribution in [-0.4, -0.2) is 62.9 Å². The third-order valence-electron chi connectivity index (χ3n) is 4.82. The molecule has 0 spiro atoms. The Hall–Kier alpha value is -0.960. The molecule has 1 atom stereocenters. The molecule has 0 aliphatic carbocycles. The number of amides is 1. The summed E-state index contributed by atoms with van der Waals surface area (Å²) in [6, 6.07) is 5.04. The monoisotopic (exact) mass is 430 g/mol. The molecule has 2 heterocycles. The fourth-order valence-corrected chi connectivity index (χ4v) is 5.19. The summed E-state index contributed by atoms with van der Waals surface area (Å²) in [5.41, 5.74) is 0.874. The van der Waals surface area contributed by atoms with Gasteiger partial charge in [-0.2, -0.15) is 4.31 Å². The molecule has 1 aromatic carbocycles. The summed E-state index contributed by atoms with van der Waals surface area (Å²) in [5, 5.41) is 0. The van der Waals surface area contributed by atoms with E-state index in [1.807, 2.05) is 6.92 Å². The first-order valence-corrected chi connectivity index (χ1v) is 10.8. The maximum absolute atomic E-state index is 13.0. The minimum atomic E-state index is -3.58. The molecular formula is C17H23BrN2O4S. The lowest BCUT2D eigenvalue weighted by molar-refractivity contribution is -0.140. The number of morpholine rings is 1. The summed E-state index contributed by atoms with van der Waals surface area (Å²) < 4.78 is 33.5. The summed E-state index contributed by atoms with van der Waals surface area (Å²) in [5.74, 6) is -0.214. The molecule has 2 aliphatic rings. The van der Waals surface area contributed by atoms with Gasteiger partial charge in [-0.1, -0.05) is 15.9 Å². The lowest BCUT2D eigenvalue weighted by Crippen LogP contribution is -2.49. The average molecular weight is 431 g/mol. The van der Waals surface area contributed by atoms with Crippen molar-refractivity contribution in [3.05, 3.63) is 28.2 Å². The van der Waals surface area contributed by atoms with Crippen molar-refractivity contribution in [2.75, 3.05) is 39.4 Å². The molecule has 2 aliphatic heterocycles. The highest BCUT2D eigenvalue weighted by Gasteiger charge is 2.35. The van der Waals surface area contributed by atoms with Crippen LogP contribution < -0.4 is 0 Å². The molecule has 0 radical (unpaired) electrons. The Balaban J connectivity index is 1.75. The summed E-state index contributed by atoms with van der Waals surface area (Å²) in [4.78, 5) is 14.8. The van der Waals surface area contributed by atoms with E-state index in [9.17, 15) is 13.2 Å². The zero-order valence-corrected chi connectivity index (χ0v) is 16.7. The lowest BCUT2D eigenvalue weighted by atomic mass is 9.98. The molecule has 0 saturated carbocycles. The predicted octanol–water partition coefficient (Wildman–Crippen LogP) is 2.02. The molecule has 3 rings (SSSR count). The van der Waals surface area contributed by atoms with Crippen LogP contribution in [0.15, 0.2) is 27.6 Å². The number of rotatable bonds is 3. The van der Waals surface area contributed by atoms with Crippen LogP contribution in [0.1, 0.15) is 18.4 Å². The normalized spacial score (nSPS) is 22.8. The smallest absolute Gasteiger partial charge is 0.243 e. The first kappa shape index (κ1) is 18.8. The number of hydrogen-bond donors (Lipinski definition) is 0. The molecule has 6 nitrogen and oxygen atoms in total. The van der Waals surface area contributed by atoms with Crippen LogP contribution in [0.2, 0.25) is 0 Å². The number of benzene rings is 1. The van der Waals surface area contributed by atoms with Crippen molar-refractivity contribution in [3.8, 4) is 0 Å². The second kappa shape index (κ2) is 7.73. The molecule has 0 N–H and O–H groups in total. The molecular weight excluding hydrogens is 408 g/mol. The van der Waals surface area contributed by atoms with Crippen molar-refractivity contribution in [3.63, 3.8) is 0 Å². The first-order valence-electron chi connectivity index (χ1n) is 8.52. The number of ether oxygens (including phenoxy) is 1. The zero-order valence-electron chi connectivity index (χ0n) is 14.3. The van der Waals surface area contributed by atoms with Crippen molar-refractivity contribution in [2.24, 2.45) is 5.92 Å². The van der Waals surface area contributed by atoms with Crippen LogP contribution >= 0.6 is 15.9 Å². The van der Waals surface area contributed by atoms with Crippen molar-refractivity contribution in [1.82, 2.24) is 9.21 Å². The van der Waals surface area contributed by atoms with E-state index in [1.54, 1.807) is 23.1 Å². The SMILES string of the molecule is Cc1cc(S(=O)(=O)N2CCCC(C(=O)N3CCOCC3)C2)ccc1Br. The van der Waals surface area contributed by atoms with Crippen LogP contribution in [0.3, 0.4) is 0 Å². The summed E-state index contributed by atoms with van der Waals surface area (Å²) >= 11 is 3.40. The number of hydrogen-bond acceptors (Lipinski definition) is 4. The molecule has 1 amide bonds. The van der Waals surface area contributed by atoms with Crippen LogP contribution in [0.25, 0.3) is 0 Å². The van der Waals surface area contributed by atoms with Gasteiger partial charge in [0.25, 0.3) is 0 Å². The average Bonchev–Trinajstić information content (AvgIpc) is 2.64. The van der Waals surface area contributed by atoms with Crippen LogP contribution in [0, 0.1) is 12.8 Å². The van der Waals surface area contributed by atoms with Crippen LogP contribution in [0.5, 0.6) is 0 Å². The van der Waals surface area contributed by atoms with Crippen molar-refractivity contribution >= 4 is 31.9 Å². The maximum atomic E-state index is 13.0. The van der Waals surface area contributed by atoms with E-state index < -0.39 is 10.0 Å². The van der Waals surface area contributed by atoms with Gasteiger partial charge in [-0.15, -0.1) is 0 Å². The summed E-state index contributed by atoms with van der Waals surface area (Å²) in [7, 11) is -3.58. The molecule has 25 heavy (non-hydrogen) atoms. The molecule has 0 aromatic heterocycles. The highest BCUT2D eigenvalue weighted by molar-refractivity contribution is 9.10. The number of nitrogens with zero attached hydrogens (tertiary/aromatic N) is 2. The Morgan fingerprint density at radius 2 is 1.96 bits per heavy atom. The van der Waals surface area contributed by atoms with Gasteiger partial charge in [0.15, 0.2) is 0 Å². The summed E-state index contributed by atoms with van der Waals surface area (Å²) in [6.45, 7) is 4.88. The molecule has 2 fully saturated rings. The zero-order chi connectivity index (χ0) is 18.0. The number of carbonyl (C=O) groups is 1. The van der Waals surface area contributed by atoms with Gasteiger partial charge in [0.05, 0.1) is 24.0 Å². The van der Waals surface area contributed by atoms with Crippen LogP contribution in [0.4, 0.5) is 0 Å². The van der Waals surface area contributed by atoms with Gasteiger partial charge in [-0.3, -0.25) is 4.79 Å². The van der Waals surface area contributed by atoms with E-state index in [-0.39, 0.29) is 23.3 Å². The third kappa shape index (κ3) is 4.07. The van der Waals surface area contributed by atoms with E-state index >= 15 is 0 Å². The van der Waals surface area contributed by atoms with Crippen LogP contribution in [-0.2, 0) is 19.6 Å². The molecule has 8 heteroatoms. The Bertz CT molecular complexity index is 747. The van der Waals surface area contributed by atoms with E-state index in [0.29, 0.717) is 39.3 Å². The third-order valence-corrected chi connectivity index (χ3v) is 7.57. The Kier molecular flexibility index (Phi) is 5.82. The largest absolute Gasteiger partial charge is 0.378 e. The minimum Gasteiger partial charge on any atom is -0.378 e. The van der Waals surface area contributed by atoms with Crippen molar-refractivity contribution in [2.45, 2.75) is 24.7 Å². The maximum Gasteiger partial charge on any atom is 0.243 e. The van der Waals surface area contributed by atoms with Gasteiger partial charge < -0.3 is 9.64 Å². The van der Waals surface area contributed by atoms with Gasteiger partial charge in [0.2, 0.25) is 15.9 Å². The predicted molar refractivity (Wildman–Crippen MR) is 97.8 cm³/mol. The number of halogens is 1. The van der Waals surface area contributed by atoms with Gasteiger partial charge in [0.1, 0.15) is 0 Å². The van der Waals surface area contributed by atoms with Crippen molar-refractivity contribution in [1.29, 1.82) is 0 Å². The molecule has 1 aromatic rings. The molecule has 2 saturated heterocycles. The van der Waals surface area contributed by atoms with Crippen molar-refractivity contribution < 1.29 is 17.9 Å². The quantitative estimate of drug-likeness (QED) is 0.735. The van der Waals surface area contributed by atoms with Gasteiger partial charge in [-0.05, 0) is 43.5 Å². The van der Waals surface area contributed by atoms with E-state index in [0.717, 1.165) is 16.5 Å². The topological polar surface area (TPSA) is 66.9 Å². The van der Waals surface area contributed by atoms with Gasteiger partial charge in [0, 0.05) is 30.7 Å². The highest BCUT2D eigenvalue weighted by Crippen LogP contribution is 2.27. The van der Waals surface area contributed by atoms with E-state index in [4.69, 9.17) is 4.74 Å². The fourth-order valence-electron chi connectivity index (χ4n) is 3.33. The lowest BCUT2D eigenvalue weighted by Gasteiger charge is -2.35. The standard InChI is InChI=1S/C17H23BrN2O4S/c1-13-11-15(4-5-16(13)18)25(22,23)20-6-2-3-14(12-20)17(21)19-7-9-24-10-8-19/h4-5,11,14H,2-3,6-10,12H2,1H3. The number of carbonyl (C=O) groups excluding carboxylic acids is 1. The first-order chi connectivity index (χ1) is 11.9. The Morgan fingerprint density at radius 3 is 2.64 bits per heavy atom. The second-order valence-electron chi connectivity index (χ2n) is 6.55. The fraction of sp³-hybridized carbons (Fsp3) is 0.588. The highest BCUT2D eigenvalue weighted by atomic mass is 79.9. The number of aryl methyl sites for hydroxylation is 1. The number of piperidine rings is 1. The van der Waals surface area contributed by atoms with E-state index in [1.165, 1.54) is 4.31 Å².